The molecule has 1 nitrogen and oxygen atoms in total. The summed E-state index contributed by atoms with van der Waals surface area (Å²) in [6.07, 6.45) is 0. The van der Waals surface area contributed by atoms with Crippen molar-refractivity contribution in [2.45, 2.75) is 6.92 Å². The van der Waals surface area contributed by atoms with Gasteiger partial charge in [0.25, 0.3) is 0 Å². The average molecular weight is 158 g/mol. The monoisotopic (exact) mass is 158 g/mol. The van der Waals surface area contributed by atoms with Gasteiger partial charge in [-0.25, -0.2) is 8.78 Å². The standard InChI is InChI=1S/C8H8F2O/c1-2-11-8-4-3-6(9)5-7(8)10/h3-5H,2H2,1H3. The highest BCUT2D eigenvalue weighted by Crippen LogP contribution is 2.16. The van der Waals surface area contributed by atoms with E-state index in [2.05, 4.69) is 0 Å². The molecule has 0 spiro atoms. The summed E-state index contributed by atoms with van der Waals surface area (Å²) in [6.45, 7) is 2.12. The van der Waals surface area contributed by atoms with E-state index in [4.69, 9.17) is 4.74 Å². The molecule has 0 saturated heterocycles. The summed E-state index contributed by atoms with van der Waals surface area (Å²) >= 11 is 0. The van der Waals surface area contributed by atoms with Gasteiger partial charge in [0, 0.05) is 6.07 Å². The van der Waals surface area contributed by atoms with E-state index in [1.165, 1.54) is 6.07 Å². The SMILES string of the molecule is CCOc1ccc(F)cc1F. The molecule has 0 radical (unpaired) electrons. The van der Waals surface area contributed by atoms with Crippen LogP contribution in [-0.4, -0.2) is 6.61 Å². The van der Waals surface area contributed by atoms with Crippen molar-refractivity contribution in [2.24, 2.45) is 0 Å². The first-order valence-corrected chi connectivity index (χ1v) is 3.32. The number of rotatable bonds is 2. The molecular formula is C8H8F2O. The van der Waals surface area contributed by atoms with Gasteiger partial charge >= 0.3 is 0 Å². The maximum Gasteiger partial charge on any atom is 0.167 e. The minimum Gasteiger partial charge on any atom is -0.491 e. The third-order valence-corrected chi connectivity index (χ3v) is 1.19. The molecule has 60 valence electrons. The molecule has 1 aromatic rings. The number of hydrogen-bond acceptors (Lipinski definition) is 1. The van der Waals surface area contributed by atoms with Crippen LogP contribution < -0.4 is 4.74 Å². The van der Waals surface area contributed by atoms with Crippen LogP contribution >= 0.6 is 0 Å². The van der Waals surface area contributed by atoms with E-state index < -0.39 is 11.6 Å². The molecule has 1 aromatic carbocycles. The van der Waals surface area contributed by atoms with E-state index in [0.717, 1.165) is 12.1 Å². The lowest BCUT2D eigenvalue weighted by atomic mass is 10.3. The van der Waals surface area contributed by atoms with Crippen LogP contribution in [0, 0.1) is 11.6 Å². The second-order valence-electron chi connectivity index (χ2n) is 2.01. The molecule has 0 amide bonds. The lowest BCUT2D eigenvalue weighted by Crippen LogP contribution is -1.94. The summed E-state index contributed by atoms with van der Waals surface area (Å²) in [7, 11) is 0. The summed E-state index contributed by atoms with van der Waals surface area (Å²) in [6, 6.07) is 3.23. The molecule has 0 unspecified atom stereocenters. The Morgan fingerprint density at radius 2 is 2.09 bits per heavy atom. The highest BCUT2D eigenvalue weighted by molar-refractivity contribution is 5.24. The maximum atomic E-state index is 12.7. The number of benzene rings is 1. The number of ether oxygens (including phenoxy) is 1. The fraction of sp³-hybridized carbons (Fsp3) is 0.250. The van der Waals surface area contributed by atoms with Gasteiger partial charge in [-0.2, -0.15) is 0 Å². The van der Waals surface area contributed by atoms with Gasteiger partial charge in [-0.15, -0.1) is 0 Å². The van der Waals surface area contributed by atoms with Crippen molar-refractivity contribution in [1.82, 2.24) is 0 Å². The first-order valence-electron chi connectivity index (χ1n) is 3.32. The molecule has 0 fully saturated rings. The van der Waals surface area contributed by atoms with Gasteiger partial charge < -0.3 is 4.74 Å². The highest BCUT2D eigenvalue weighted by atomic mass is 19.1. The fourth-order valence-electron chi connectivity index (χ4n) is 0.748. The van der Waals surface area contributed by atoms with E-state index in [9.17, 15) is 8.78 Å². The summed E-state index contributed by atoms with van der Waals surface area (Å²) in [5, 5.41) is 0. The van der Waals surface area contributed by atoms with E-state index in [1.54, 1.807) is 6.92 Å². The lowest BCUT2D eigenvalue weighted by Gasteiger charge is -2.02. The normalized spacial score (nSPS) is 9.73. The molecule has 0 aliphatic heterocycles. The van der Waals surface area contributed by atoms with Crippen LogP contribution in [0.5, 0.6) is 5.75 Å². The third-order valence-electron chi connectivity index (χ3n) is 1.19. The second kappa shape index (κ2) is 3.32. The van der Waals surface area contributed by atoms with Gasteiger partial charge in [-0.1, -0.05) is 0 Å². The predicted octanol–water partition coefficient (Wildman–Crippen LogP) is 2.36. The minimum absolute atomic E-state index is 0.0916. The quantitative estimate of drug-likeness (QED) is 0.642. The van der Waals surface area contributed by atoms with E-state index in [0.29, 0.717) is 6.61 Å². The summed E-state index contributed by atoms with van der Waals surface area (Å²) < 4.78 is 29.8. The van der Waals surface area contributed by atoms with E-state index in [1.807, 2.05) is 0 Å². The van der Waals surface area contributed by atoms with Crippen LogP contribution in [0.25, 0.3) is 0 Å². The lowest BCUT2D eigenvalue weighted by molar-refractivity contribution is 0.320. The van der Waals surface area contributed by atoms with Gasteiger partial charge in [0.2, 0.25) is 0 Å². The summed E-state index contributed by atoms with van der Waals surface area (Å²) in [5.41, 5.74) is 0. The molecule has 0 aliphatic rings. The fourth-order valence-corrected chi connectivity index (χ4v) is 0.748. The molecule has 11 heavy (non-hydrogen) atoms. The first kappa shape index (κ1) is 7.98. The Labute approximate surface area is 63.6 Å². The van der Waals surface area contributed by atoms with Crippen molar-refractivity contribution in [3.8, 4) is 5.75 Å². The van der Waals surface area contributed by atoms with Crippen molar-refractivity contribution in [2.75, 3.05) is 6.61 Å². The van der Waals surface area contributed by atoms with Crippen molar-refractivity contribution in [3.63, 3.8) is 0 Å². The minimum atomic E-state index is -0.660. The Hall–Kier alpha value is -1.12. The van der Waals surface area contributed by atoms with Crippen LogP contribution in [0.2, 0.25) is 0 Å². The molecule has 0 atom stereocenters. The van der Waals surface area contributed by atoms with Crippen molar-refractivity contribution < 1.29 is 13.5 Å². The van der Waals surface area contributed by atoms with Crippen LogP contribution in [0.1, 0.15) is 6.92 Å². The van der Waals surface area contributed by atoms with Gasteiger partial charge in [-0.05, 0) is 19.1 Å². The molecule has 3 heteroatoms. The van der Waals surface area contributed by atoms with Gasteiger partial charge in [0.05, 0.1) is 6.61 Å². The van der Waals surface area contributed by atoms with Crippen molar-refractivity contribution >= 4 is 0 Å². The van der Waals surface area contributed by atoms with Crippen molar-refractivity contribution in [3.05, 3.63) is 29.8 Å². The van der Waals surface area contributed by atoms with Crippen molar-refractivity contribution in [1.29, 1.82) is 0 Å². The van der Waals surface area contributed by atoms with E-state index in [-0.39, 0.29) is 5.75 Å². The number of hydrogen-bond donors (Lipinski definition) is 0. The van der Waals surface area contributed by atoms with Crippen LogP contribution in [0.4, 0.5) is 8.78 Å². The van der Waals surface area contributed by atoms with Crippen LogP contribution in [-0.2, 0) is 0 Å². The Morgan fingerprint density at radius 1 is 1.36 bits per heavy atom. The van der Waals surface area contributed by atoms with Crippen LogP contribution in [0.15, 0.2) is 18.2 Å². The Bertz CT molecular complexity index is 248. The average Bonchev–Trinajstić information content (AvgIpc) is 1.95. The Balaban J connectivity index is 2.90. The molecule has 1 rings (SSSR count). The third kappa shape index (κ3) is 1.90. The highest BCUT2D eigenvalue weighted by Gasteiger charge is 2.02. The molecular weight excluding hydrogens is 150 g/mol. The van der Waals surface area contributed by atoms with Gasteiger partial charge in [-0.3, -0.25) is 0 Å². The smallest absolute Gasteiger partial charge is 0.167 e. The molecule has 0 saturated carbocycles. The topological polar surface area (TPSA) is 9.23 Å². The Kier molecular flexibility index (Phi) is 2.41. The van der Waals surface area contributed by atoms with E-state index >= 15 is 0 Å². The predicted molar refractivity (Wildman–Crippen MR) is 37.5 cm³/mol. The number of halogens is 2. The zero-order valence-electron chi connectivity index (χ0n) is 6.10. The van der Waals surface area contributed by atoms with Gasteiger partial charge in [0.15, 0.2) is 11.6 Å². The van der Waals surface area contributed by atoms with Crippen LogP contribution in [0.3, 0.4) is 0 Å². The first-order chi connectivity index (χ1) is 5.24. The largest absolute Gasteiger partial charge is 0.491 e. The zero-order chi connectivity index (χ0) is 8.27. The molecule has 0 aromatic heterocycles. The maximum absolute atomic E-state index is 12.7. The molecule has 0 bridgehead atoms. The summed E-state index contributed by atoms with van der Waals surface area (Å²) in [5.74, 6) is -1.16. The second-order valence-corrected chi connectivity index (χ2v) is 2.01. The summed E-state index contributed by atoms with van der Waals surface area (Å²) in [4.78, 5) is 0. The molecule has 0 heterocycles. The molecule has 0 N–H and O–H groups in total. The van der Waals surface area contributed by atoms with Gasteiger partial charge in [0.1, 0.15) is 5.82 Å². The zero-order valence-corrected chi connectivity index (χ0v) is 6.10. The Morgan fingerprint density at radius 3 is 2.64 bits per heavy atom. The molecule has 0 aliphatic carbocycles.